The molecule has 0 fully saturated rings. The summed E-state index contributed by atoms with van der Waals surface area (Å²) in [4.78, 5) is 11.3. The van der Waals surface area contributed by atoms with Crippen molar-refractivity contribution in [3.63, 3.8) is 0 Å². The summed E-state index contributed by atoms with van der Waals surface area (Å²) in [7, 11) is 0. The third-order valence-corrected chi connectivity index (χ3v) is 1.27. The van der Waals surface area contributed by atoms with Gasteiger partial charge in [-0.25, -0.2) is 5.43 Å². The van der Waals surface area contributed by atoms with E-state index in [1.165, 1.54) is 0 Å². The molecule has 0 heterocycles. The molecule has 0 bridgehead atoms. The Morgan fingerprint density at radius 1 is 1.25 bits per heavy atom. The van der Waals surface area contributed by atoms with Crippen LogP contribution in [0.5, 0.6) is 0 Å². The van der Waals surface area contributed by atoms with Crippen molar-refractivity contribution >= 4 is 5.97 Å². The Morgan fingerprint density at radius 2 is 1.67 bits per heavy atom. The van der Waals surface area contributed by atoms with E-state index < -0.39 is 11.1 Å². The molecule has 0 aromatic carbocycles. The van der Waals surface area contributed by atoms with Crippen LogP contribution in [0.2, 0.25) is 0 Å². The van der Waals surface area contributed by atoms with Crippen molar-refractivity contribution in [2.24, 2.45) is 5.84 Å². The molecule has 0 aliphatic carbocycles. The van der Waals surface area contributed by atoms with E-state index in [0.717, 1.165) is 0 Å². The van der Waals surface area contributed by atoms with Gasteiger partial charge in [0.2, 0.25) is 0 Å². The van der Waals surface area contributed by atoms with Gasteiger partial charge in [0.25, 0.3) is 0 Å². The van der Waals surface area contributed by atoms with Crippen LogP contribution in [0.15, 0.2) is 0 Å². The molecule has 0 aromatic rings. The summed E-state index contributed by atoms with van der Waals surface area (Å²) < 4.78 is 5.11. The molecular formula is C8H18N2O2. The minimum absolute atomic E-state index is 0.350. The number of nitrogens with one attached hydrogen (secondary N) is 1. The molecule has 0 atom stereocenters. The molecule has 3 N–H and O–H groups in total. The number of carbonyl (C=O) groups is 1. The first-order valence-electron chi connectivity index (χ1n) is 3.90. The van der Waals surface area contributed by atoms with Crippen molar-refractivity contribution in [2.75, 3.05) is 0 Å². The first-order valence-corrected chi connectivity index (χ1v) is 3.90. The molecule has 0 rings (SSSR count). The van der Waals surface area contributed by atoms with Crippen molar-refractivity contribution in [2.45, 2.75) is 45.8 Å². The van der Waals surface area contributed by atoms with Crippen LogP contribution in [0.1, 0.15) is 34.6 Å². The maximum absolute atomic E-state index is 11.3. The highest BCUT2D eigenvalue weighted by Crippen LogP contribution is 2.12. The quantitative estimate of drug-likeness (QED) is 0.365. The van der Waals surface area contributed by atoms with Gasteiger partial charge < -0.3 is 4.74 Å². The Hall–Kier alpha value is -0.610. The Labute approximate surface area is 73.4 Å². The van der Waals surface area contributed by atoms with Crippen LogP contribution in [0.3, 0.4) is 0 Å². The first-order chi connectivity index (χ1) is 5.19. The van der Waals surface area contributed by atoms with E-state index in [1.807, 2.05) is 20.8 Å². The minimum atomic E-state index is -0.826. The lowest BCUT2D eigenvalue weighted by molar-refractivity contribution is -0.161. The van der Waals surface area contributed by atoms with E-state index in [9.17, 15) is 4.79 Å². The number of hydrazine groups is 1. The number of rotatable bonds is 2. The zero-order chi connectivity index (χ0) is 9.99. The predicted molar refractivity (Wildman–Crippen MR) is 47.2 cm³/mol. The summed E-state index contributed by atoms with van der Waals surface area (Å²) in [6.45, 7) is 8.79. The maximum atomic E-state index is 11.3. The summed E-state index contributed by atoms with van der Waals surface area (Å²) in [5, 5.41) is 0. The van der Waals surface area contributed by atoms with Gasteiger partial charge in [-0.15, -0.1) is 0 Å². The molecule has 0 aliphatic heterocycles. The van der Waals surface area contributed by atoms with Crippen molar-refractivity contribution in [1.29, 1.82) is 0 Å². The standard InChI is InChI=1S/C8H18N2O2/c1-7(2,3)12-6(11)8(4,5)10-9/h10H,9H2,1-5H3. The average molecular weight is 174 g/mol. The zero-order valence-corrected chi connectivity index (χ0v) is 8.39. The lowest BCUT2D eigenvalue weighted by Crippen LogP contribution is -2.52. The largest absolute Gasteiger partial charge is 0.459 e. The fourth-order valence-electron chi connectivity index (χ4n) is 0.465. The summed E-state index contributed by atoms with van der Waals surface area (Å²) in [6, 6.07) is 0. The van der Waals surface area contributed by atoms with Crippen LogP contribution in [0.4, 0.5) is 0 Å². The van der Waals surface area contributed by atoms with Gasteiger partial charge in [-0.2, -0.15) is 0 Å². The maximum Gasteiger partial charge on any atom is 0.327 e. The summed E-state index contributed by atoms with van der Waals surface area (Å²) in [6.07, 6.45) is 0. The van der Waals surface area contributed by atoms with E-state index in [4.69, 9.17) is 10.6 Å². The Morgan fingerprint density at radius 3 is 1.92 bits per heavy atom. The number of esters is 1. The van der Waals surface area contributed by atoms with Crippen molar-refractivity contribution in [3.05, 3.63) is 0 Å². The highest BCUT2D eigenvalue weighted by Gasteiger charge is 2.31. The SMILES string of the molecule is CC(C)(C)OC(=O)C(C)(C)NN. The predicted octanol–water partition coefficient (Wildman–Crippen LogP) is 0.570. The van der Waals surface area contributed by atoms with Gasteiger partial charge in [0.15, 0.2) is 0 Å². The molecule has 0 saturated carbocycles. The molecule has 12 heavy (non-hydrogen) atoms. The summed E-state index contributed by atoms with van der Waals surface area (Å²) in [5.41, 5.74) is 1.10. The Kier molecular flexibility index (Phi) is 3.24. The van der Waals surface area contributed by atoms with Crippen LogP contribution in [0, 0.1) is 0 Å². The highest BCUT2D eigenvalue weighted by molar-refractivity contribution is 5.80. The number of ether oxygens (including phenoxy) is 1. The smallest absolute Gasteiger partial charge is 0.327 e. The summed E-state index contributed by atoms with van der Waals surface area (Å²) in [5.74, 6) is 4.83. The number of hydrogen-bond donors (Lipinski definition) is 2. The fourth-order valence-corrected chi connectivity index (χ4v) is 0.465. The van der Waals surface area contributed by atoms with Crippen LogP contribution < -0.4 is 11.3 Å². The lowest BCUT2D eigenvalue weighted by atomic mass is 10.1. The summed E-state index contributed by atoms with van der Waals surface area (Å²) >= 11 is 0. The van der Waals surface area contributed by atoms with Gasteiger partial charge in [-0.1, -0.05) is 0 Å². The normalized spacial score (nSPS) is 12.8. The molecule has 0 aromatic heterocycles. The Balaban J connectivity index is 4.23. The second-order valence-electron chi connectivity index (χ2n) is 4.27. The van der Waals surface area contributed by atoms with Gasteiger partial charge in [0, 0.05) is 0 Å². The van der Waals surface area contributed by atoms with E-state index in [1.54, 1.807) is 13.8 Å². The van der Waals surface area contributed by atoms with Gasteiger partial charge in [0.1, 0.15) is 11.1 Å². The zero-order valence-electron chi connectivity index (χ0n) is 8.39. The van der Waals surface area contributed by atoms with Crippen LogP contribution in [-0.2, 0) is 9.53 Å². The van der Waals surface area contributed by atoms with Crippen LogP contribution >= 0.6 is 0 Å². The molecule has 4 nitrogen and oxygen atoms in total. The minimum Gasteiger partial charge on any atom is -0.459 e. The number of carbonyl (C=O) groups excluding carboxylic acids is 1. The van der Waals surface area contributed by atoms with Crippen molar-refractivity contribution < 1.29 is 9.53 Å². The highest BCUT2D eigenvalue weighted by atomic mass is 16.6. The molecule has 0 aliphatic rings. The van der Waals surface area contributed by atoms with E-state index in [-0.39, 0.29) is 5.97 Å². The van der Waals surface area contributed by atoms with E-state index in [2.05, 4.69) is 5.43 Å². The Bertz CT molecular complexity index is 170. The van der Waals surface area contributed by atoms with Crippen molar-refractivity contribution in [1.82, 2.24) is 5.43 Å². The van der Waals surface area contributed by atoms with E-state index in [0.29, 0.717) is 0 Å². The van der Waals surface area contributed by atoms with Gasteiger partial charge in [-0.3, -0.25) is 10.6 Å². The van der Waals surface area contributed by atoms with Crippen LogP contribution in [-0.4, -0.2) is 17.1 Å². The van der Waals surface area contributed by atoms with Crippen LogP contribution in [0.25, 0.3) is 0 Å². The second kappa shape index (κ2) is 3.41. The molecule has 0 radical (unpaired) electrons. The number of nitrogens with two attached hydrogens (primary N) is 1. The van der Waals surface area contributed by atoms with Gasteiger partial charge in [0.05, 0.1) is 0 Å². The third-order valence-electron chi connectivity index (χ3n) is 1.27. The lowest BCUT2D eigenvalue weighted by Gasteiger charge is -2.27. The molecular weight excluding hydrogens is 156 g/mol. The first kappa shape index (κ1) is 11.4. The van der Waals surface area contributed by atoms with Gasteiger partial charge in [-0.05, 0) is 34.6 Å². The molecule has 0 amide bonds. The fraction of sp³-hybridized carbons (Fsp3) is 0.875. The monoisotopic (exact) mass is 174 g/mol. The third kappa shape index (κ3) is 3.69. The number of hydrogen-bond acceptors (Lipinski definition) is 4. The topological polar surface area (TPSA) is 64.3 Å². The average Bonchev–Trinajstić information content (AvgIpc) is 1.84. The molecule has 72 valence electrons. The van der Waals surface area contributed by atoms with E-state index >= 15 is 0 Å². The molecule has 4 heteroatoms. The molecule has 0 unspecified atom stereocenters. The van der Waals surface area contributed by atoms with Gasteiger partial charge >= 0.3 is 5.97 Å². The van der Waals surface area contributed by atoms with Crippen molar-refractivity contribution in [3.8, 4) is 0 Å². The molecule has 0 saturated heterocycles. The second-order valence-corrected chi connectivity index (χ2v) is 4.27. The molecule has 0 spiro atoms.